The lowest BCUT2D eigenvalue weighted by Gasteiger charge is -2.32. The number of carbonyl (C=O) groups excluding carboxylic acids is 2. The molecule has 31 heavy (non-hydrogen) atoms. The second-order valence-corrected chi connectivity index (χ2v) is 7.01. The molecule has 1 unspecified atom stereocenters. The van der Waals surface area contributed by atoms with Gasteiger partial charge in [0.15, 0.2) is 0 Å². The number of anilines is 1. The second-order valence-electron chi connectivity index (χ2n) is 7.01. The molecule has 1 aromatic carbocycles. The van der Waals surface area contributed by atoms with Crippen molar-refractivity contribution >= 4 is 17.6 Å². The number of carbonyl (C=O) groups is 2. The van der Waals surface area contributed by atoms with E-state index in [-0.39, 0.29) is 12.5 Å². The van der Waals surface area contributed by atoms with Gasteiger partial charge in [0.05, 0.1) is 48.1 Å². The van der Waals surface area contributed by atoms with Crippen molar-refractivity contribution in [1.82, 2.24) is 4.98 Å². The van der Waals surface area contributed by atoms with Crippen LogP contribution in [0.2, 0.25) is 0 Å². The van der Waals surface area contributed by atoms with E-state index in [0.717, 1.165) is 5.56 Å². The normalized spacial score (nSPS) is 14.8. The molecule has 1 aliphatic heterocycles. The molecule has 3 rings (SSSR count). The number of pyridine rings is 1. The number of nitriles is 1. The molecule has 2 heterocycles. The molecule has 0 saturated heterocycles. The molecule has 0 amide bonds. The molecule has 1 aliphatic rings. The first-order valence-corrected chi connectivity index (χ1v) is 9.73. The summed E-state index contributed by atoms with van der Waals surface area (Å²) < 4.78 is 16.3. The van der Waals surface area contributed by atoms with Crippen LogP contribution >= 0.6 is 0 Å². The number of benzene rings is 1. The van der Waals surface area contributed by atoms with Crippen molar-refractivity contribution in [2.75, 3.05) is 19.0 Å². The Morgan fingerprint density at radius 3 is 2.65 bits per heavy atom. The van der Waals surface area contributed by atoms with E-state index in [9.17, 15) is 14.9 Å². The van der Waals surface area contributed by atoms with E-state index in [2.05, 4.69) is 16.4 Å². The number of esters is 2. The highest BCUT2D eigenvalue weighted by molar-refractivity contribution is 5.95. The van der Waals surface area contributed by atoms with Crippen LogP contribution in [0.5, 0.6) is 11.6 Å². The zero-order valence-electron chi connectivity index (χ0n) is 18.0. The number of allylic oxidation sites excluding steroid dienone is 1. The van der Waals surface area contributed by atoms with Crippen molar-refractivity contribution < 1.29 is 23.8 Å². The van der Waals surface area contributed by atoms with Gasteiger partial charge < -0.3 is 19.5 Å². The fourth-order valence-electron chi connectivity index (χ4n) is 3.69. The molecule has 160 valence electrons. The highest BCUT2D eigenvalue weighted by Crippen LogP contribution is 2.49. The number of rotatable bonds is 5. The fraction of sp³-hybridized carbons (Fsp3) is 0.304. The smallest absolute Gasteiger partial charge is 0.336 e. The van der Waals surface area contributed by atoms with Gasteiger partial charge in [0.2, 0.25) is 5.88 Å². The Balaban J connectivity index is 2.37. The maximum atomic E-state index is 13.0. The number of methoxy groups -OCH3 is 1. The Bertz CT molecular complexity index is 1130. The van der Waals surface area contributed by atoms with Crippen LogP contribution in [0.1, 0.15) is 48.9 Å². The highest BCUT2D eigenvalue weighted by atomic mass is 16.5. The Kier molecular flexibility index (Phi) is 6.25. The molecule has 1 atom stereocenters. The highest BCUT2D eigenvalue weighted by Gasteiger charge is 2.38. The van der Waals surface area contributed by atoms with E-state index in [1.165, 1.54) is 14.0 Å². The first kappa shape index (κ1) is 21.8. The number of nitrogens with one attached hydrogen (secondary N) is 1. The predicted molar refractivity (Wildman–Crippen MR) is 113 cm³/mol. The molecule has 0 radical (unpaired) electrons. The third-order valence-corrected chi connectivity index (χ3v) is 4.97. The fourth-order valence-corrected chi connectivity index (χ4v) is 3.69. The third-order valence-electron chi connectivity index (χ3n) is 4.97. The zero-order valence-corrected chi connectivity index (χ0v) is 18.0. The predicted octanol–water partition coefficient (Wildman–Crippen LogP) is 3.59. The molecule has 1 N–H and O–H groups in total. The summed E-state index contributed by atoms with van der Waals surface area (Å²) in [5.41, 5.74) is 4.00. The van der Waals surface area contributed by atoms with E-state index in [1.54, 1.807) is 38.2 Å². The largest absolute Gasteiger partial charge is 0.496 e. The summed E-state index contributed by atoms with van der Waals surface area (Å²) in [5, 5.41) is 12.5. The lowest BCUT2D eigenvalue weighted by atomic mass is 9.79. The third kappa shape index (κ3) is 4.08. The molecule has 0 aliphatic carbocycles. The van der Waals surface area contributed by atoms with Gasteiger partial charge in [0.25, 0.3) is 0 Å². The van der Waals surface area contributed by atoms with Gasteiger partial charge in [0.1, 0.15) is 5.75 Å². The molecule has 2 aromatic rings. The average Bonchev–Trinajstić information content (AvgIpc) is 2.74. The molecular weight excluding hydrogens is 398 g/mol. The summed E-state index contributed by atoms with van der Waals surface area (Å²) in [4.78, 5) is 29.1. The minimum Gasteiger partial charge on any atom is -0.496 e. The van der Waals surface area contributed by atoms with Crippen molar-refractivity contribution in [2.45, 2.75) is 33.6 Å². The van der Waals surface area contributed by atoms with Crippen LogP contribution in [0.3, 0.4) is 0 Å². The van der Waals surface area contributed by atoms with E-state index in [4.69, 9.17) is 14.2 Å². The lowest BCUT2D eigenvalue weighted by molar-refractivity contribution is -0.138. The maximum absolute atomic E-state index is 13.0. The van der Waals surface area contributed by atoms with Crippen LogP contribution in [-0.4, -0.2) is 30.6 Å². The van der Waals surface area contributed by atoms with E-state index in [0.29, 0.717) is 39.4 Å². The molecule has 0 spiro atoms. The lowest BCUT2D eigenvalue weighted by Crippen LogP contribution is -2.26. The van der Waals surface area contributed by atoms with Crippen LogP contribution in [-0.2, 0) is 14.3 Å². The number of hydrogen-bond acceptors (Lipinski definition) is 8. The monoisotopic (exact) mass is 421 g/mol. The van der Waals surface area contributed by atoms with Gasteiger partial charge in [-0.15, -0.1) is 0 Å². The van der Waals surface area contributed by atoms with Crippen molar-refractivity contribution in [3.05, 3.63) is 57.9 Å². The standard InChI is InChI=1S/C23H23N3O5/c1-6-30-23(28)18-13(3)26-21-12(2)11-25-22(31-14(4)27)20(21)19(18)16-8-7-15(10-24)9-17(16)29-5/h7-9,11,19,26H,6H2,1-5H3. The zero-order chi connectivity index (χ0) is 22.7. The second kappa shape index (κ2) is 8.88. The molecule has 0 saturated carbocycles. The Morgan fingerprint density at radius 1 is 1.29 bits per heavy atom. The molecular formula is C23H23N3O5. The van der Waals surface area contributed by atoms with Crippen LogP contribution in [0.15, 0.2) is 35.7 Å². The van der Waals surface area contributed by atoms with Gasteiger partial charge in [-0.05, 0) is 38.5 Å². The van der Waals surface area contributed by atoms with Crippen LogP contribution < -0.4 is 14.8 Å². The van der Waals surface area contributed by atoms with Gasteiger partial charge in [-0.25, -0.2) is 9.78 Å². The van der Waals surface area contributed by atoms with Crippen LogP contribution in [0.4, 0.5) is 5.69 Å². The average molecular weight is 421 g/mol. The summed E-state index contributed by atoms with van der Waals surface area (Å²) >= 11 is 0. The van der Waals surface area contributed by atoms with Gasteiger partial charge in [-0.3, -0.25) is 4.79 Å². The van der Waals surface area contributed by atoms with Crippen LogP contribution in [0, 0.1) is 18.3 Å². The number of hydrogen-bond donors (Lipinski definition) is 1. The number of ether oxygens (including phenoxy) is 3. The van der Waals surface area contributed by atoms with Crippen molar-refractivity contribution in [2.24, 2.45) is 0 Å². The summed E-state index contributed by atoms with van der Waals surface area (Å²) in [6, 6.07) is 7.05. The summed E-state index contributed by atoms with van der Waals surface area (Å²) in [5.74, 6) is -1.23. The Hall–Kier alpha value is -3.86. The van der Waals surface area contributed by atoms with E-state index < -0.39 is 17.9 Å². The maximum Gasteiger partial charge on any atom is 0.336 e. The first-order valence-electron chi connectivity index (χ1n) is 9.73. The molecule has 8 heteroatoms. The molecule has 0 bridgehead atoms. The topological polar surface area (TPSA) is 111 Å². The summed E-state index contributed by atoms with van der Waals surface area (Å²) in [6.07, 6.45) is 1.60. The van der Waals surface area contributed by atoms with Crippen molar-refractivity contribution in [1.29, 1.82) is 5.26 Å². The van der Waals surface area contributed by atoms with Crippen molar-refractivity contribution in [3.8, 4) is 17.7 Å². The first-order chi connectivity index (χ1) is 14.8. The SMILES string of the molecule is CCOC(=O)C1=C(C)Nc2c(C)cnc(OC(C)=O)c2C1c1ccc(C#N)cc1OC. The summed E-state index contributed by atoms with van der Waals surface area (Å²) in [6.45, 7) is 6.86. The van der Waals surface area contributed by atoms with Gasteiger partial charge in [-0.1, -0.05) is 6.07 Å². The minimum atomic E-state index is -0.695. The van der Waals surface area contributed by atoms with Crippen LogP contribution in [0.25, 0.3) is 0 Å². The molecule has 0 fully saturated rings. The van der Waals surface area contributed by atoms with E-state index in [1.807, 2.05) is 6.92 Å². The number of aromatic nitrogens is 1. The molecule has 1 aromatic heterocycles. The van der Waals surface area contributed by atoms with Gasteiger partial charge in [-0.2, -0.15) is 5.26 Å². The minimum absolute atomic E-state index is 0.0892. The van der Waals surface area contributed by atoms with Gasteiger partial charge >= 0.3 is 11.9 Å². The Labute approximate surface area is 180 Å². The number of aryl methyl sites for hydroxylation is 1. The number of nitrogens with zero attached hydrogens (tertiary/aromatic N) is 2. The number of fused-ring (bicyclic) bond motifs is 1. The van der Waals surface area contributed by atoms with Crippen molar-refractivity contribution in [3.63, 3.8) is 0 Å². The Morgan fingerprint density at radius 2 is 2.03 bits per heavy atom. The van der Waals surface area contributed by atoms with E-state index >= 15 is 0 Å². The molecule has 8 nitrogen and oxygen atoms in total. The van der Waals surface area contributed by atoms with Gasteiger partial charge in [0, 0.05) is 24.4 Å². The summed E-state index contributed by atoms with van der Waals surface area (Å²) in [7, 11) is 1.49. The quantitative estimate of drug-likeness (QED) is 0.729.